The van der Waals surface area contributed by atoms with Gasteiger partial charge in [0, 0.05) is 19.6 Å². The van der Waals surface area contributed by atoms with Gasteiger partial charge in [0.05, 0.1) is 17.7 Å². The third kappa shape index (κ3) is 3.58. The topological polar surface area (TPSA) is 75.3 Å². The first-order chi connectivity index (χ1) is 12.2. The fraction of sp³-hybridized carbons (Fsp3) is 0.353. The Kier molecular flexibility index (Phi) is 5.48. The summed E-state index contributed by atoms with van der Waals surface area (Å²) in [4.78, 5) is 27.0. The SMILES string of the molecule is CCn1c(=O)/c(=C\c2ccsc2)s/c1=C(/C#N)C(=O)N1CCOCC1. The number of rotatable bonds is 3. The minimum absolute atomic E-state index is 0.0239. The molecule has 25 heavy (non-hydrogen) atoms. The number of hydrogen-bond donors (Lipinski definition) is 0. The number of thiazole rings is 1. The maximum atomic E-state index is 12.7. The van der Waals surface area contributed by atoms with Gasteiger partial charge in [-0.15, -0.1) is 11.3 Å². The molecule has 1 amide bonds. The molecule has 0 unspecified atom stereocenters. The third-order valence-electron chi connectivity index (χ3n) is 3.90. The number of thiophene rings is 1. The molecule has 1 fully saturated rings. The zero-order chi connectivity index (χ0) is 17.8. The molecule has 2 aromatic heterocycles. The molecule has 130 valence electrons. The van der Waals surface area contributed by atoms with E-state index < -0.39 is 0 Å². The molecule has 0 saturated carbocycles. The van der Waals surface area contributed by atoms with Crippen LogP contribution >= 0.6 is 22.7 Å². The van der Waals surface area contributed by atoms with Gasteiger partial charge in [-0.25, -0.2) is 0 Å². The molecule has 0 spiro atoms. The van der Waals surface area contributed by atoms with E-state index in [4.69, 9.17) is 4.74 Å². The lowest BCUT2D eigenvalue weighted by Gasteiger charge is -2.26. The second kappa shape index (κ2) is 7.78. The average Bonchev–Trinajstić information content (AvgIpc) is 3.25. The van der Waals surface area contributed by atoms with Gasteiger partial charge in [-0.05, 0) is 35.4 Å². The molecule has 0 bridgehead atoms. The van der Waals surface area contributed by atoms with Crippen molar-refractivity contribution in [3.05, 3.63) is 41.9 Å². The van der Waals surface area contributed by atoms with Crippen molar-refractivity contribution in [2.45, 2.75) is 13.5 Å². The number of amides is 1. The number of nitrogens with zero attached hydrogens (tertiary/aromatic N) is 3. The molecule has 6 nitrogen and oxygen atoms in total. The third-order valence-corrected chi connectivity index (χ3v) is 5.73. The smallest absolute Gasteiger partial charge is 0.269 e. The van der Waals surface area contributed by atoms with Gasteiger partial charge in [-0.2, -0.15) is 16.6 Å². The molecule has 1 aliphatic rings. The summed E-state index contributed by atoms with van der Waals surface area (Å²) in [6, 6.07) is 3.94. The summed E-state index contributed by atoms with van der Waals surface area (Å²) in [6.07, 6.45) is 1.80. The Morgan fingerprint density at radius 3 is 2.80 bits per heavy atom. The van der Waals surface area contributed by atoms with Crippen LogP contribution in [-0.4, -0.2) is 41.7 Å². The first kappa shape index (κ1) is 17.6. The molecule has 1 saturated heterocycles. The predicted molar refractivity (Wildman–Crippen MR) is 97.8 cm³/mol. The largest absolute Gasteiger partial charge is 0.378 e. The van der Waals surface area contributed by atoms with Crippen molar-refractivity contribution in [3.63, 3.8) is 0 Å². The van der Waals surface area contributed by atoms with Gasteiger partial charge in [0.15, 0.2) is 5.57 Å². The highest BCUT2D eigenvalue weighted by molar-refractivity contribution is 7.08. The van der Waals surface area contributed by atoms with E-state index in [0.29, 0.717) is 42.0 Å². The molecule has 8 heteroatoms. The fourth-order valence-corrected chi connectivity index (χ4v) is 4.39. The summed E-state index contributed by atoms with van der Waals surface area (Å²) >= 11 is 2.75. The van der Waals surface area contributed by atoms with Crippen molar-refractivity contribution in [1.82, 2.24) is 9.47 Å². The van der Waals surface area contributed by atoms with Gasteiger partial charge in [0.25, 0.3) is 11.5 Å². The molecular weight excluding hydrogens is 358 g/mol. The predicted octanol–water partition coefficient (Wildman–Crippen LogP) is 0.353. The van der Waals surface area contributed by atoms with E-state index in [9.17, 15) is 14.9 Å². The Morgan fingerprint density at radius 2 is 2.20 bits per heavy atom. The van der Waals surface area contributed by atoms with Crippen LogP contribution in [0.25, 0.3) is 11.6 Å². The van der Waals surface area contributed by atoms with Crippen molar-refractivity contribution >= 4 is 40.2 Å². The number of carbonyl (C=O) groups is 1. The zero-order valence-electron chi connectivity index (χ0n) is 13.7. The van der Waals surface area contributed by atoms with Crippen molar-refractivity contribution in [1.29, 1.82) is 5.26 Å². The van der Waals surface area contributed by atoms with Gasteiger partial charge >= 0.3 is 0 Å². The fourth-order valence-electron chi connectivity index (χ4n) is 2.61. The van der Waals surface area contributed by atoms with Gasteiger partial charge in [-0.1, -0.05) is 0 Å². The second-order valence-corrected chi connectivity index (χ2v) is 7.22. The van der Waals surface area contributed by atoms with Crippen LogP contribution in [0.2, 0.25) is 0 Å². The van der Waals surface area contributed by atoms with E-state index in [1.54, 1.807) is 22.3 Å². The van der Waals surface area contributed by atoms with E-state index in [-0.39, 0.29) is 17.0 Å². The first-order valence-corrected chi connectivity index (χ1v) is 9.66. The molecule has 0 aliphatic carbocycles. The molecule has 0 N–H and O–H groups in total. The minimum Gasteiger partial charge on any atom is -0.378 e. The monoisotopic (exact) mass is 375 g/mol. The van der Waals surface area contributed by atoms with Crippen molar-refractivity contribution in [2.24, 2.45) is 0 Å². The highest BCUT2D eigenvalue weighted by Gasteiger charge is 2.23. The normalized spacial score (nSPS) is 16.6. The van der Waals surface area contributed by atoms with E-state index in [0.717, 1.165) is 5.56 Å². The highest BCUT2D eigenvalue weighted by Crippen LogP contribution is 2.07. The lowest BCUT2D eigenvalue weighted by molar-refractivity contribution is -0.128. The molecule has 2 aromatic rings. The zero-order valence-corrected chi connectivity index (χ0v) is 15.4. The Morgan fingerprint density at radius 1 is 1.44 bits per heavy atom. The summed E-state index contributed by atoms with van der Waals surface area (Å²) in [5.41, 5.74) is 0.795. The van der Waals surface area contributed by atoms with Crippen LogP contribution in [-0.2, 0) is 16.1 Å². The molecule has 3 heterocycles. The summed E-state index contributed by atoms with van der Waals surface area (Å²) in [7, 11) is 0. The van der Waals surface area contributed by atoms with Crippen LogP contribution in [0.3, 0.4) is 0 Å². The van der Waals surface area contributed by atoms with Crippen molar-refractivity contribution in [2.75, 3.05) is 26.3 Å². The van der Waals surface area contributed by atoms with Crippen molar-refractivity contribution < 1.29 is 9.53 Å². The van der Waals surface area contributed by atoms with E-state index in [2.05, 4.69) is 0 Å². The summed E-state index contributed by atoms with van der Waals surface area (Å²) in [5, 5.41) is 13.5. The van der Waals surface area contributed by atoms with Crippen LogP contribution < -0.4 is 14.8 Å². The molecule has 0 aromatic carbocycles. The molecule has 1 aliphatic heterocycles. The van der Waals surface area contributed by atoms with Crippen LogP contribution in [0.5, 0.6) is 0 Å². The molecule has 0 atom stereocenters. The highest BCUT2D eigenvalue weighted by atomic mass is 32.1. The van der Waals surface area contributed by atoms with Crippen LogP contribution in [0.1, 0.15) is 12.5 Å². The lowest BCUT2D eigenvalue weighted by Crippen LogP contribution is -2.42. The number of hydrogen-bond acceptors (Lipinski definition) is 6. The van der Waals surface area contributed by atoms with Gasteiger partial charge in [-0.3, -0.25) is 14.2 Å². The Labute approximate surface area is 152 Å². The van der Waals surface area contributed by atoms with Crippen LogP contribution in [0.4, 0.5) is 0 Å². The summed E-state index contributed by atoms with van der Waals surface area (Å²) < 4.78 is 7.70. The maximum Gasteiger partial charge on any atom is 0.269 e. The van der Waals surface area contributed by atoms with Crippen molar-refractivity contribution in [3.8, 4) is 6.07 Å². The first-order valence-electron chi connectivity index (χ1n) is 7.90. The van der Waals surface area contributed by atoms with Gasteiger partial charge < -0.3 is 9.64 Å². The number of ether oxygens (including phenoxy) is 1. The molecular formula is C17H17N3O3S2. The number of nitriles is 1. The van der Waals surface area contributed by atoms with Gasteiger partial charge in [0.1, 0.15) is 10.7 Å². The number of aromatic nitrogens is 1. The van der Waals surface area contributed by atoms with E-state index >= 15 is 0 Å². The standard InChI is InChI=1S/C17H17N3O3S2/c1-2-20-16(22)14(9-12-3-8-24-11-12)25-17(20)13(10-18)15(21)19-4-6-23-7-5-19/h3,8-9,11H,2,4-7H2,1H3/b14-9+,17-13-. The van der Waals surface area contributed by atoms with Gasteiger partial charge in [0.2, 0.25) is 0 Å². The number of carbonyl (C=O) groups excluding carboxylic acids is 1. The van der Waals surface area contributed by atoms with E-state index in [1.165, 1.54) is 15.9 Å². The minimum atomic E-state index is -0.337. The van der Waals surface area contributed by atoms with Crippen LogP contribution in [0, 0.1) is 11.3 Å². The van der Waals surface area contributed by atoms with Crippen LogP contribution in [0.15, 0.2) is 21.6 Å². The molecule has 3 rings (SSSR count). The number of morpholine rings is 1. The molecule has 0 radical (unpaired) electrons. The maximum absolute atomic E-state index is 12.7. The van der Waals surface area contributed by atoms with E-state index in [1.807, 2.05) is 29.8 Å². The summed E-state index contributed by atoms with van der Waals surface area (Å²) in [5.74, 6) is -0.337. The lowest BCUT2D eigenvalue weighted by atomic mass is 10.2. The Hall–Kier alpha value is -2.21. The average molecular weight is 375 g/mol. The Balaban J connectivity index is 2.16. The quantitative estimate of drug-likeness (QED) is 0.776. The Bertz CT molecular complexity index is 974. The second-order valence-electron chi connectivity index (χ2n) is 5.41. The summed E-state index contributed by atoms with van der Waals surface area (Å²) in [6.45, 7) is 4.09.